The van der Waals surface area contributed by atoms with E-state index in [-0.39, 0.29) is 0 Å². The average molecular weight is 285 g/mol. The Kier molecular flexibility index (Phi) is 7.63. The Labute approximate surface area is 105 Å². The monoisotopic (exact) mass is 285 g/mol. The highest BCUT2D eigenvalue weighted by Gasteiger charge is 2.61. The summed E-state index contributed by atoms with van der Waals surface area (Å²) >= 11 is 0. The van der Waals surface area contributed by atoms with Gasteiger partial charge in [-0.15, -0.1) is 0 Å². The minimum Gasteiger partial charge on any atom is -0.365 e. The Balaban J connectivity index is 5.39. The first kappa shape index (κ1) is 17.2. The van der Waals surface area contributed by atoms with Crippen molar-refractivity contribution in [2.75, 3.05) is 49.2 Å². The molecular formula is C8H23NO6Si2. The van der Waals surface area contributed by atoms with Crippen molar-refractivity contribution in [1.29, 1.82) is 0 Å². The largest absolute Gasteiger partial charge is 0.597 e. The Morgan fingerprint density at radius 1 is 0.647 bits per heavy atom. The van der Waals surface area contributed by atoms with E-state index in [2.05, 4.69) is 0 Å². The third-order valence-corrected chi connectivity index (χ3v) is 9.22. The van der Waals surface area contributed by atoms with E-state index < -0.39 is 17.9 Å². The van der Waals surface area contributed by atoms with Gasteiger partial charge in [0, 0.05) is 42.7 Å². The number of hydrogen-bond acceptors (Lipinski definition) is 7. The Bertz CT molecular complexity index is 176. The van der Waals surface area contributed by atoms with Crippen LogP contribution in [-0.2, 0) is 26.6 Å². The first-order valence-corrected chi connectivity index (χ1v) is 8.49. The van der Waals surface area contributed by atoms with Gasteiger partial charge >= 0.3 is 17.9 Å². The van der Waals surface area contributed by atoms with Crippen molar-refractivity contribution >= 4 is 17.9 Å². The van der Waals surface area contributed by atoms with Crippen LogP contribution in [0.4, 0.5) is 0 Å². The van der Waals surface area contributed by atoms with Gasteiger partial charge in [0.1, 0.15) is 0 Å². The minimum absolute atomic E-state index is 0.559. The molecular weight excluding hydrogens is 262 g/mol. The summed E-state index contributed by atoms with van der Waals surface area (Å²) in [5.41, 5.74) is 0. The maximum Gasteiger partial charge on any atom is 0.597 e. The third-order valence-electron chi connectivity index (χ3n) is 2.53. The second kappa shape index (κ2) is 7.56. The third kappa shape index (κ3) is 3.13. The van der Waals surface area contributed by atoms with Crippen LogP contribution in [0.3, 0.4) is 0 Å². The molecule has 0 aromatic rings. The molecule has 7 nitrogen and oxygen atoms in total. The van der Waals surface area contributed by atoms with Crippen molar-refractivity contribution < 1.29 is 26.6 Å². The zero-order valence-corrected chi connectivity index (χ0v) is 13.6. The summed E-state index contributed by atoms with van der Waals surface area (Å²) in [6.07, 6.45) is 0. The van der Waals surface area contributed by atoms with Crippen LogP contribution in [0.2, 0.25) is 0 Å². The number of rotatable bonds is 9. The topological polar surface area (TPSA) is 58.6 Å². The SMILES string of the molecule is CCN([Si](OC)(OC)OC)[Si](OC)(OC)OC. The summed E-state index contributed by atoms with van der Waals surface area (Å²) in [5, 5.41) is 0. The molecule has 104 valence electrons. The molecule has 0 aliphatic heterocycles. The number of hydrogen-bond donors (Lipinski definition) is 0. The molecule has 0 heterocycles. The highest BCUT2D eigenvalue weighted by molar-refractivity contribution is 6.74. The lowest BCUT2D eigenvalue weighted by Gasteiger charge is -2.41. The molecule has 0 bridgehead atoms. The lowest BCUT2D eigenvalue weighted by atomic mass is 10.8. The molecule has 0 aromatic carbocycles. The standard InChI is InChI=1S/C8H23NO6Si2/c1-8-9(16(10-2,11-3)12-4)17(13-5,14-6)15-7/h8H2,1-7H3. The second-order valence-corrected chi connectivity index (χ2v) is 9.09. The molecule has 0 radical (unpaired) electrons. The lowest BCUT2D eigenvalue weighted by molar-refractivity contribution is 0.0224. The quantitative estimate of drug-likeness (QED) is 0.555. The number of nitrogens with zero attached hydrogens (tertiary/aromatic N) is 1. The van der Waals surface area contributed by atoms with E-state index in [0.717, 1.165) is 0 Å². The molecule has 0 unspecified atom stereocenters. The zero-order valence-electron chi connectivity index (χ0n) is 11.6. The van der Waals surface area contributed by atoms with Crippen molar-refractivity contribution in [3.8, 4) is 0 Å². The van der Waals surface area contributed by atoms with E-state index in [0.29, 0.717) is 6.54 Å². The van der Waals surface area contributed by atoms with E-state index in [1.807, 2.05) is 6.92 Å². The van der Waals surface area contributed by atoms with Gasteiger partial charge < -0.3 is 26.6 Å². The maximum atomic E-state index is 5.42. The van der Waals surface area contributed by atoms with Gasteiger partial charge in [-0.2, -0.15) is 0 Å². The van der Waals surface area contributed by atoms with Crippen molar-refractivity contribution in [1.82, 2.24) is 4.23 Å². The molecule has 9 heteroatoms. The second-order valence-electron chi connectivity index (χ2n) is 3.02. The van der Waals surface area contributed by atoms with E-state index in [1.165, 1.54) is 42.7 Å². The van der Waals surface area contributed by atoms with Gasteiger partial charge in [-0.3, -0.25) is 0 Å². The Hall–Kier alpha value is 0.154. The molecule has 0 rings (SSSR count). The maximum absolute atomic E-state index is 5.42. The summed E-state index contributed by atoms with van der Waals surface area (Å²) in [7, 11) is 3.13. The van der Waals surface area contributed by atoms with Crippen LogP contribution in [-0.4, -0.2) is 71.4 Å². The fourth-order valence-corrected chi connectivity index (χ4v) is 7.80. The fraction of sp³-hybridized carbons (Fsp3) is 1.00. The van der Waals surface area contributed by atoms with Crippen molar-refractivity contribution in [2.45, 2.75) is 6.92 Å². The van der Waals surface area contributed by atoms with E-state index >= 15 is 0 Å². The van der Waals surface area contributed by atoms with Crippen LogP contribution >= 0.6 is 0 Å². The molecule has 0 fully saturated rings. The van der Waals surface area contributed by atoms with E-state index in [1.54, 1.807) is 4.23 Å². The van der Waals surface area contributed by atoms with Gasteiger partial charge in [0.15, 0.2) is 0 Å². The summed E-state index contributed by atoms with van der Waals surface area (Å²) < 4.78 is 34.3. The van der Waals surface area contributed by atoms with Crippen LogP contribution in [0, 0.1) is 0 Å². The molecule has 0 N–H and O–H groups in total. The van der Waals surface area contributed by atoms with Crippen LogP contribution in [0.25, 0.3) is 0 Å². The summed E-state index contributed by atoms with van der Waals surface area (Å²) in [6.45, 7) is 2.49. The van der Waals surface area contributed by atoms with E-state index in [4.69, 9.17) is 26.6 Å². The van der Waals surface area contributed by atoms with Crippen LogP contribution < -0.4 is 0 Å². The molecule has 0 spiro atoms. The van der Waals surface area contributed by atoms with Gasteiger partial charge in [0.25, 0.3) is 0 Å². The Morgan fingerprint density at radius 2 is 0.882 bits per heavy atom. The first-order valence-electron chi connectivity index (χ1n) is 5.14. The average Bonchev–Trinajstić information content (AvgIpc) is 2.40. The summed E-state index contributed by atoms with van der Waals surface area (Å²) in [5.74, 6) is 0. The van der Waals surface area contributed by atoms with Crippen molar-refractivity contribution in [3.05, 3.63) is 0 Å². The molecule has 0 aromatic heterocycles. The molecule has 0 amide bonds. The first-order chi connectivity index (χ1) is 8.06. The van der Waals surface area contributed by atoms with Gasteiger partial charge in [0.05, 0.1) is 0 Å². The summed E-state index contributed by atoms with van der Waals surface area (Å²) in [6, 6.07) is 0. The van der Waals surface area contributed by atoms with Gasteiger partial charge in [-0.05, 0) is 6.54 Å². The highest BCUT2D eigenvalue weighted by Crippen LogP contribution is 2.22. The fourth-order valence-electron chi connectivity index (χ4n) is 1.72. The van der Waals surface area contributed by atoms with Crippen LogP contribution in [0.5, 0.6) is 0 Å². The van der Waals surface area contributed by atoms with Crippen LogP contribution in [0.15, 0.2) is 0 Å². The van der Waals surface area contributed by atoms with Gasteiger partial charge in [-0.25, -0.2) is 4.23 Å². The lowest BCUT2D eigenvalue weighted by Crippen LogP contribution is -2.73. The molecule has 0 aliphatic rings. The highest BCUT2D eigenvalue weighted by atomic mass is 28.5. The molecule has 0 atom stereocenters. The minimum atomic E-state index is -3.03. The molecule has 0 saturated carbocycles. The zero-order chi connectivity index (χ0) is 13.5. The predicted molar refractivity (Wildman–Crippen MR) is 65.9 cm³/mol. The van der Waals surface area contributed by atoms with Gasteiger partial charge in [-0.1, -0.05) is 6.92 Å². The van der Waals surface area contributed by atoms with Crippen molar-refractivity contribution in [3.63, 3.8) is 0 Å². The Morgan fingerprint density at radius 3 is 1.00 bits per heavy atom. The van der Waals surface area contributed by atoms with Crippen LogP contribution in [0.1, 0.15) is 6.92 Å². The molecule has 0 saturated heterocycles. The van der Waals surface area contributed by atoms with E-state index in [9.17, 15) is 0 Å². The predicted octanol–water partition coefficient (Wildman–Crippen LogP) is 0.0579. The normalized spacial score (nSPS) is 13.4. The smallest absolute Gasteiger partial charge is 0.365 e. The molecule has 17 heavy (non-hydrogen) atoms. The summed E-state index contributed by atoms with van der Waals surface area (Å²) in [4.78, 5) is 0. The van der Waals surface area contributed by atoms with Gasteiger partial charge in [0.2, 0.25) is 0 Å². The molecule has 0 aliphatic carbocycles. The van der Waals surface area contributed by atoms with Crippen molar-refractivity contribution in [2.24, 2.45) is 0 Å².